The molecule has 1 atom stereocenters. The van der Waals surface area contributed by atoms with E-state index in [2.05, 4.69) is 43.9 Å². The molecule has 0 aromatic heterocycles. The Bertz CT molecular complexity index is 550. The highest BCUT2D eigenvalue weighted by Gasteiger charge is 2.20. The molecule has 0 saturated carbocycles. The highest BCUT2D eigenvalue weighted by molar-refractivity contribution is 5.66. The van der Waals surface area contributed by atoms with Crippen molar-refractivity contribution >= 4 is 5.97 Å². The minimum atomic E-state index is -0.678. The molecule has 1 saturated heterocycles. The van der Waals surface area contributed by atoms with Gasteiger partial charge in [0, 0.05) is 19.5 Å². The summed E-state index contributed by atoms with van der Waals surface area (Å²) in [5.74, 6) is 0.808. The molecule has 1 aliphatic heterocycles. The number of carbonyl (C=O) groups is 1. The molecule has 140 valence electrons. The van der Waals surface area contributed by atoms with Crippen LogP contribution < -0.4 is 4.74 Å². The van der Waals surface area contributed by atoms with Crippen molar-refractivity contribution < 1.29 is 14.6 Å². The molecule has 1 unspecified atom stereocenters. The Labute approximate surface area is 152 Å². The van der Waals surface area contributed by atoms with Crippen molar-refractivity contribution in [1.29, 1.82) is 0 Å². The highest BCUT2D eigenvalue weighted by atomic mass is 16.5. The molecular weight excluding hydrogens is 314 g/mol. The Kier molecular flexibility index (Phi) is 7.30. The molecule has 4 nitrogen and oxygen atoms in total. The van der Waals surface area contributed by atoms with Crippen LogP contribution in [0.4, 0.5) is 0 Å². The number of hydrogen-bond donors (Lipinski definition) is 1. The second kappa shape index (κ2) is 9.23. The van der Waals surface area contributed by atoms with Crippen molar-refractivity contribution in [1.82, 2.24) is 4.90 Å². The molecule has 2 rings (SSSR count). The largest absolute Gasteiger partial charge is 0.494 e. The van der Waals surface area contributed by atoms with E-state index in [4.69, 9.17) is 9.84 Å². The van der Waals surface area contributed by atoms with Crippen LogP contribution in [-0.2, 0) is 10.2 Å². The van der Waals surface area contributed by atoms with Crippen LogP contribution in [0.15, 0.2) is 24.3 Å². The zero-order chi connectivity index (χ0) is 18.3. The van der Waals surface area contributed by atoms with Gasteiger partial charge in [-0.1, -0.05) is 32.9 Å². The van der Waals surface area contributed by atoms with E-state index >= 15 is 0 Å². The van der Waals surface area contributed by atoms with Gasteiger partial charge < -0.3 is 14.7 Å². The van der Waals surface area contributed by atoms with Crippen molar-refractivity contribution in [2.75, 3.05) is 26.2 Å². The van der Waals surface area contributed by atoms with Crippen LogP contribution in [0.1, 0.15) is 58.4 Å². The van der Waals surface area contributed by atoms with Gasteiger partial charge in [-0.05, 0) is 61.3 Å². The molecule has 0 radical (unpaired) electrons. The summed E-state index contributed by atoms with van der Waals surface area (Å²) in [5.41, 5.74) is 1.43. The van der Waals surface area contributed by atoms with Crippen LogP contribution in [0.2, 0.25) is 0 Å². The summed E-state index contributed by atoms with van der Waals surface area (Å²) in [6.45, 7) is 10.6. The summed E-state index contributed by atoms with van der Waals surface area (Å²) in [6, 6.07) is 8.38. The molecule has 0 amide bonds. The van der Waals surface area contributed by atoms with Crippen LogP contribution in [-0.4, -0.2) is 42.2 Å². The van der Waals surface area contributed by atoms with E-state index in [9.17, 15) is 4.79 Å². The number of aliphatic carboxylic acids is 1. The SMILES string of the molecule is CC(C)(C)c1cccc(OCCCN2CCCC(CCC(=O)O)C2)c1. The first kappa shape index (κ1) is 19.8. The first-order valence-electron chi connectivity index (χ1n) is 9.52. The van der Waals surface area contributed by atoms with Gasteiger partial charge in [-0.15, -0.1) is 0 Å². The monoisotopic (exact) mass is 347 g/mol. The van der Waals surface area contributed by atoms with Crippen LogP contribution in [0.5, 0.6) is 5.75 Å². The Morgan fingerprint density at radius 2 is 2.16 bits per heavy atom. The molecule has 0 spiro atoms. The van der Waals surface area contributed by atoms with E-state index in [1.807, 2.05) is 6.07 Å². The Morgan fingerprint density at radius 3 is 2.88 bits per heavy atom. The number of nitrogens with zero attached hydrogens (tertiary/aromatic N) is 1. The fourth-order valence-electron chi connectivity index (χ4n) is 3.45. The summed E-state index contributed by atoms with van der Waals surface area (Å²) in [6.07, 6.45) is 4.46. The molecule has 1 aromatic carbocycles. The molecule has 0 bridgehead atoms. The number of hydrogen-bond acceptors (Lipinski definition) is 3. The van der Waals surface area contributed by atoms with Crippen LogP contribution in [0.3, 0.4) is 0 Å². The van der Waals surface area contributed by atoms with Gasteiger partial charge in [0.25, 0.3) is 0 Å². The predicted molar refractivity (Wildman–Crippen MR) is 101 cm³/mol. The lowest BCUT2D eigenvalue weighted by Gasteiger charge is -2.32. The number of carboxylic acids is 1. The summed E-state index contributed by atoms with van der Waals surface area (Å²) < 4.78 is 5.93. The zero-order valence-corrected chi connectivity index (χ0v) is 16.0. The van der Waals surface area contributed by atoms with Crippen molar-refractivity contribution in [2.24, 2.45) is 5.92 Å². The number of likely N-dealkylation sites (tertiary alicyclic amines) is 1. The lowest BCUT2D eigenvalue weighted by Crippen LogP contribution is -2.36. The van der Waals surface area contributed by atoms with E-state index in [1.54, 1.807) is 0 Å². The zero-order valence-electron chi connectivity index (χ0n) is 16.0. The van der Waals surface area contributed by atoms with Gasteiger partial charge in [0.05, 0.1) is 6.61 Å². The summed E-state index contributed by atoms with van der Waals surface area (Å²) in [4.78, 5) is 13.2. The molecule has 1 aromatic rings. The maximum absolute atomic E-state index is 10.7. The van der Waals surface area contributed by atoms with Gasteiger partial charge in [0.1, 0.15) is 5.75 Å². The van der Waals surface area contributed by atoms with Crippen LogP contribution in [0, 0.1) is 5.92 Å². The minimum Gasteiger partial charge on any atom is -0.494 e. The first-order valence-corrected chi connectivity index (χ1v) is 9.52. The third-order valence-corrected chi connectivity index (χ3v) is 4.96. The standard InChI is InChI=1S/C21H33NO3/c1-21(2,3)18-8-4-9-19(15-18)25-14-6-13-22-12-5-7-17(16-22)10-11-20(23)24/h4,8-9,15,17H,5-7,10-14,16H2,1-3H3,(H,23,24). The van der Waals surface area contributed by atoms with Crippen LogP contribution in [0.25, 0.3) is 0 Å². The maximum atomic E-state index is 10.7. The van der Waals surface area contributed by atoms with Crippen LogP contribution >= 0.6 is 0 Å². The lowest BCUT2D eigenvalue weighted by atomic mass is 9.87. The van der Waals surface area contributed by atoms with Crippen molar-refractivity contribution in [3.63, 3.8) is 0 Å². The van der Waals surface area contributed by atoms with Crippen molar-refractivity contribution in [3.8, 4) is 5.75 Å². The maximum Gasteiger partial charge on any atom is 0.303 e. The fourth-order valence-corrected chi connectivity index (χ4v) is 3.45. The summed E-state index contributed by atoms with van der Waals surface area (Å²) >= 11 is 0. The Morgan fingerprint density at radius 1 is 1.36 bits per heavy atom. The number of rotatable bonds is 8. The number of benzene rings is 1. The van der Waals surface area contributed by atoms with E-state index in [0.717, 1.165) is 44.8 Å². The van der Waals surface area contributed by atoms with Gasteiger partial charge in [-0.25, -0.2) is 0 Å². The average Bonchev–Trinajstić information content (AvgIpc) is 2.57. The Balaban J connectivity index is 1.69. The van der Waals surface area contributed by atoms with E-state index < -0.39 is 5.97 Å². The molecule has 1 aliphatic rings. The second-order valence-electron chi connectivity index (χ2n) is 8.22. The van der Waals surface area contributed by atoms with E-state index in [0.29, 0.717) is 12.3 Å². The van der Waals surface area contributed by atoms with Gasteiger partial charge in [0.2, 0.25) is 0 Å². The average molecular weight is 347 g/mol. The molecule has 1 heterocycles. The lowest BCUT2D eigenvalue weighted by molar-refractivity contribution is -0.137. The quantitative estimate of drug-likeness (QED) is 0.711. The molecule has 1 N–H and O–H groups in total. The van der Waals surface area contributed by atoms with Gasteiger partial charge in [0.15, 0.2) is 0 Å². The normalized spacial score (nSPS) is 18.9. The first-order chi connectivity index (χ1) is 11.8. The topological polar surface area (TPSA) is 49.8 Å². The predicted octanol–water partition coefficient (Wildman–Crippen LogP) is 4.33. The Hall–Kier alpha value is -1.55. The summed E-state index contributed by atoms with van der Waals surface area (Å²) in [7, 11) is 0. The number of ether oxygens (including phenoxy) is 1. The third kappa shape index (κ3) is 7.07. The molecule has 0 aliphatic carbocycles. The summed E-state index contributed by atoms with van der Waals surface area (Å²) in [5, 5.41) is 8.83. The van der Waals surface area contributed by atoms with Gasteiger partial charge >= 0.3 is 5.97 Å². The van der Waals surface area contributed by atoms with E-state index in [1.165, 1.54) is 18.4 Å². The minimum absolute atomic E-state index is 0.137. The van der Waals surface area contributed by atoms with Crippen molar-refractivity contribution in [2.45, 2.75) is 58.3 Å². The molecule has 1 fully saturated rings. The van der Waals surface area contributed by atoms with E-state index in [-0.39, 0.29) is 5.41 Å². The molecule has 25 heavy (non-hydrogen) atoms. The van der Waals surface area contributed by atoms with Gasteiger partial charge in [-0.2, -0.15) is 0 Å². The van der Waals surface area contributed by atoms with Gasteiger partial charge in [-0.3, -0.25) is 4.79 Å². The third-order valence-electron chi connectivity index (χ3n) is 4.96. The second-order valence-corrected chi connectivity index (χ2v) is 8.22. The molecule has 4 heteroatoms. The fraction of sp³-hybridized carbons (Fsp3) is 0.667. The van der Waals surface area contributed by atoms with Crippen molar-refractivity contribution in [3.05, 3.63) is 29.8 Å². The molecular formula is C21H33NO3. The number of carboxylic acid groups (broad SMARTS) is 1. The smallest absolute Gasteiger partial charge is 0.303 e. The highest BCUT2D eigenvalue weighted by Crippen LogP contribution is 2.26. The number of piperidine rings is 1.